The summed E-state index contributed by atoms with van der Waals surface area (Å²) in [5.41, 5.74) is 0.430. The van der Waals surface area contributed by atoms with Crippen LogP contribution in [0.2, 0.25) is 0 Å². The zero-order valence-corrected chi connectivity index (χ0v) is 11.5. The molecule has 7 heteroatoms. The highest BCUT2D eigenvalue weighted by Crippen LogP contribution is 2.13. The minimum atomic E-state index is -1.21. The van der Waals surface area contributed by atoms with Crippen LogP contribution in [0.15, 0.2) is 30.3 Å². The Morgan fingerprint density at radius 2 is 1.65 bits per heavy atom. The number of carboxylic acids is 1. The molecule has 20 heavy (non-hydrogen) atoms. The lowest BCUT2D eigenvalue weighted by atomic mass is 10.1. The van der Waals surface area contributed by atoms with Crippen LogP contribution in [0.25, 0.3) is 0 Å². The van der Waals surface area contributed by atoms with Crippen LogP contribution in [0.4, 0.5) is 9.59 Å². The van der Waals surface area contributed by atoms with Gasteiger partial charge in [-0.05, 0) is 5.56 Å². The summed E-state index contributed by atoms with van der Waals surface area (Å²) in [6.45, 7) is 0. The summed E-state index contributed by atoms with van der Waals surface area (Å²) in [5, 5.41) is 11.5. The van der Waals surface area contributed by atoms with Crippen LogP contribution in [0.5, 0.6) is 0 Å². The van der Waals surface area contributed by atoms with Crippen molar-refractivity contribution in [2.24, 2.45) is 0 Å². The minimum absolute atomic E-state index is 0.430. The number of nitrogens with one attached hydrogen (secondary N) is 1. The fourth-order valence-electron chi connectivity index (χ4n) is 1.54. The van der Waals surface area contributed by atoms with Gasteiger partial charge in [0.25, 0.3) is 0 Å². The molecule has 7 nitrogen and oxygen atoms in total. The molecular formula is C13H17N3O4. The maximum Gasteiger partial charge on any atom is 0.330 e. The van der Waals surface area contributed by atoms with Gasteiger partial charge in [0.2, 0.25) is 0 Å². The Balaban J connectivity index is 2.85. The Morgan fingerprint density at radius 1 is 1.10 bits per heavy atom. The number of carboxylic acid groups (broad SMARTS) is 1. The van der Waals surface area contributed by atoms with Crippen LogP contribution in [-0.2, 0) is 4.79 Å². The maximum absolute atomic E-state index is 11.9. The van der Waals surface area contributed by atoms with Gasteiger partial charge in [0.1, 0.15) is 0 Å². The second-order valence-electron chi connectivity index (χ2n) is 4.37. The first-order valence-electron chi connectivity index (χ1n) is 5.88. The molecule has 0 aliphatic rings. The molecule has 0 radical (unpaired) electrons. The van der Waals surface area contributed by atoms with Gasteiger partial charge >= 0.3 is 18.0 Å². The normalized spacial score (nSPS) is 11.3. The second kappa shape index (κ2) is 6.55. The Morgan fingerprint density at radius 3 is 2.10 bits per heavy atom. The van der Waals surface area contributed by atoms with Crippen molar-refractivity contribution < 1.29 is 19.5 Å². The van der Waals surface area contributed by atoms with E-state index in [1.807, 2.05) is 0 Å². The van der Waals surface area contributed by atoms with Crippen LogP contribution in [0.1, 0.15) is 11.6 Å². The van der Waals surface area contributed by atoms with Gasteiger partial charge < -0.3 is 15.3 Å². The lowest BCUT2D eigenvalue weighted by molar-refractivity contribution is -0.139. The van der Waals surface area contributed by atoms with Crippen LogP contribution in [0, 0.1) is 0 Å². The number of carbonyl (C=O) groups excluding carboxylic acids is 2. The van der Waals surface area contributed by atoms with E-state index in [1.54, 1.807) is 30.3 Å². The molecule has 1 unspecified atom stereocenters. The number of hydrogen-bond donors (Lipinski definition) is 2. The number of urea groups is 2. The van der Waals surface area contributed by atoms with Crippen molar-refractivity contribution in [1.82, 2.24) is 15.1 Å². The first-order valence-corrected chi connectivity index (χ1v) is 5.88. The Hall–Kier alpha value is -2.57. The predicted molar refractivity (Wildman–Crippen MR) is 72.2 cm³/mol. The van der Waals surface area contributed by atoms with E-state index >= 15 is 0 Å². The largest absolute Gasteiger partial charge is 0.479 e. The zero-order valence-electron chi connectivity index (χ0n) is 11.5. The summed E-state index contributed by atoms with van der Waals surface area (Å²) >= 11 is 0. The molecule has 2 N–H and O–H groups in total. The van der Waals surface area contributed by atoms with Gasteiger partial charge in [-0.1, -0.05) is 30.3 Å². The molecule has 1 atom stereocenters. The number of imide groups is 1. The molecule has 0 aromatic heterocycles. The molecule has 0 spiro atoms. The monoisotopic (exact) mass is 279 g/mol. The number of aliphatic carboxylic acids is 1. The van der Waals surface area contributed by atoms with E-state index in [2.05, 4.69) is 5.32 Å². The standard InChI is InChI=1S/C13H17N3O4/c1-15(2)13(20)16(3)12(19)14-10(11(17)18)9-7-5-4-6-8-9/h4-8,10H,1-3H3,(H,14,19)(H,17,18). The highest BCUT2D eigenvalue weighted by atomic mass is 16.4. The van der Waals surface area contributed by atoms with Crippen molar-refractivity contribution in [3.8, 4) is 0 Å². The van der Waals surface area contributed by atoms with Gasteiger partial charge in [-0.15, -0.1) is 0 Å². The van der Waals surface area contributed by atoms with E-state index in [4.69, 9.17) is 0 Å². The molecule has 0 aliphatic heterocycles. The van der Waals surface area contributed by atoms with E-state index in [9.17, 15) is 19.5 Å². The second-order valence-corrected chi connectivity index (χ2v) is 4.37. The van der Waals surface area contributed by atoms with Crippen molar-refractivity contribution in [3.63, 3.8) is 0 Å². The van der Waals surface area contributed by atoms with E-state index in [0.717, 1.165) is 4.90 Å². The zero-order chi connectivity index (χ0) is 15.3. The van der Waals surface area contributed by atoms with E-state index in [0.29, 0.717) is 5.56 Å². The summed E-state index contributed by atoms with van der Waals surface area (Å²) in [6, 6.07) is 5.74. The third-order valence-corrected chi connectivity index (χ3v) is 2.62. The van der Waals surface area contributed by atoms with Gasteiger partial charge in [-0.25, -0.2) is 19.3 Å². The highest BCUT2D eigenvalue weighted by molar-refractivity contribution is 5.94. The fraction of sp³-hybridized carbons (Fsp3) is 0.308. The average molecular weight is 279 g/mol. The molecular weight excluding hydrogens is 262 g/mol. The summed E-state index contributed by atoms with van der Waals surface area (Å²) in [7, 11) is 4.28. The highest BCUT2D eigenvalue weighted by Gasteiger charge is 2.26. The summed E-state index contributed by atoms with van der Waals surface area (Å²) < 4.78 is 0. The third kappa shape index (κ3) is 3.71. The number of amides is 4. The van der Waals surface area contributed by atoms with Crippen molar-refractivity contribution in [3.05, 3.63) is 35.9 Å². The molecule has 0 saturated heterocycles. The fourth-order valence-corrected chi connectivity index (χ4v) is 1.54. The van der Waals surface area contributed by atoms with Gasteiger partial charge in [-0.2, -0.15) is 0 Å². The molecule has 4 amide bonds. The number of hydrogen-bond acceptors (Lipinski definition) is 3. The van der Waals surface area contributed by atoms with Crippen LogP contribution < -0.4 is 5.32 Å². The quantitative estimate of drug-likeness (QED) is 0.868. The van der Waals surface area contributed by atoms with Crippen molar-refractivity contribution in [1.29, 1.82) is 0 Å². The van der Waals surface area contributed by atoms with Gasteiger partial charge in [0, 0.05) is 21.1 Å². The summed E-state index contributed by atoms with van der Waals surface area (Å²) in [4.78, 5) is 36.8. The molecule has 1 aromatic carbocycles. The van der Waals surface area contributed by atoms with Crippen LogP contribution >= 0.6 is 0 Å². The minimum Gasteiger partial charge on any atom is -0.479 e. The third-order valence-electron chi connectivity index (χ3n) is 2.62. The first kappa shape index (κ1) is 15.5. The smallest absolute Gasteiger partial charge is 0.330 e. The first-order chi connectivity index (χ1) is 9.34. The van der Waals surface area contributed by atoms with Crippen LogP contribution in [-0.4, -0.2) is 54.1 Å². The molecule has 1 rings (SSSR count). The molecule has 0 aliphatic carbocycles. The Labute approximate surface area is 116 Å². The molecule has 0 saturated carbocycles. The number of carbonyl (C=O) groups is 3. The number of nitrogens with zero attached hydrogens (tertiary/aromatic N) is 2. The van der Waals surface area contributed by atoms with E-state index in [-0.39, 0.29) is 0 Å². The average Bonchev–Trinajstić information content (AvgIpc) is 2.43. The van der Waals surface area contributed by atoms with Crippen LogP contribution in [0.3, 0.4) is 0 Å². The topological polar surface area (TPSA) is 90.0 Å². The Kier molecular flexibility index (Phi) is 5.08. The van der Waals surface area contributed by atoms with E-state index < -0.39 is 24.1 Å². The number of benzene rings is 1. The molecule has 1 aromatic rings. The Bertz CT molecular complexity index is 502. The van der Waals surface area contributed by atoms with Gasteiger partial charge in [0.15, 0.2) is 6.04 Å². The van der Waals surface area contributed by atoms with Crippen molar-refractivity contribution >= 4 is 18.0 Å². The van der Waals surface area contributed by atoms with Crippen molar-refractivity contribution in [2.45, 2.75) is 6.04 Å². The lowest BCUT2D eigenvalue weighted by Gasteiger charge is -2.23. The molecule has 0 heterocycles. The van der Waals surface area contributed by atoms with Gasteiger partial charge in [0.05, 0.1) is 0 Å². The summed E-state index contributed by atoms with van der Waals surface area (Å²) in [6.07, 6.45) is 0. The molecule has 0 fully saturated rings. The summed E-state index contributed by atoms with van der Waals surface area (Å²) in [5.74, 6) is -1.20. The SMILES string of the molecule is CN(C)C(=O)N(C)C(=O)NC(C(=O)O)c1ccccc1. The lowest BCUT2D eigenvalue weighted by Crippen LogP contribution is -2.47. The van der Waals surface area contributed by atoms with Crippen molar-refractivity contribution in [2.75, 3.05) is 21.1 Å². The number of rotatable bonds is 3. The predicted octanol–water partition coefficient (Wildman–Crippen LogP) is 1.14. The molecule has 108 valence electrons. The van der Waals surface area contributed by atoms with Gasteiger partial charge in [-0.3, -0.25) is 0 Å². The maximum atomic E-state index is 11.9. The molecule has 0 bridgehead atoms. The van der Waals surface area contributed by atoms with E-state index in [1.165, 1.54) is 26.0 Å².